The number of nitrogens with one attached hydrogen (secondary N) is 1. The van der Waals surface area contributed by atoms with E-state index >= 15 is 0 Å². The lowest BCUT2D eigenvalue weighted by Gasteiger charge is -2.36. The van der Waals surface area contributed by atoms with Gasteiger partial charge >= 0.3 is 6.18 Å². The number of ether oxygens (including phenoxy) is 1. The maximum absolute atomic E-state index is 13.0. The Kier molecular flexibility index (Phi) is 7.56. The lowest BCUT2D eigenvalue weighted by molar-refractivity contribution is -0.137. The highest BCUT2D eigenvalue weighted by Crippen LogP contribution is 2.32. The third kappa shape index (κ3) is 6.46. The van der Waals surface area contributed by atoms with Crippen molar-refractivity contribution in [2.45, 2.75) is 42.8 Å². The fourth-order valence-corrected chi connectivity index (χ4v) is 5.68. The van der Waals surface area contributed by atoms with E-state index in [0.29, 0.717) is 37.6 Å². The zero-order chi connectivity index (χ0) is 25.1. The summed E-state index contributed by atoms with van der Waals surface area (Å²) in [5.74, 6) is 0.133. The van der Waals surface area contributed by atoms with Gasteiger partial charge in [-0.3, -0.25) is 4.79 Å². The average Bonchev–Trinajstić information content (AvgIpc) is 3.35. The molecule has 2 aliphatic rings. The first-order valence-corrected chi connectivity index (χ1v) is 13.1. The van der Waals surface area contributed by atoms with E-state index in [1.165, 1.54) is 30.3 Å². The fraction of sp³-hybridized carbons (Fsp3) is 0.458. The van der Waals surface area contributed by atoms with Crippen LogP contribution in [0.5, 0.6) is 5.75 Å². The summed E-state index contributed by atoms with van der Waals surface area (Å²) in [6.45, 7) is 1.34. The number of amides is 1. The van der Waals surface area contributed by atoms with Crippen molar-refractivity contribution < 1.29 is 31.1 Å². The van der Waals surface area contributed by atoms with Crippen LogP contribution in [0.1, 0.15) is 31.2 Å². The van der Waals surface area contributed by atoms with Crippen LogP contribution in [0.4, 0.5) is 18.9 Å². The van der Waals surface area contributed by atoms with Gasteiger partial charge in [0.2, 0.25) is 10.0 Å². The molecule has 1 heterocycles. The molecule has 1 saturated carbocycles. The maximum atomic E-state index is 13.0. The number of sulfonamides is 1. The predicted octanol–water partition coefficient (Wildman–Crippen LogP) is 3.65. The summed E-state index contributed by atoms with van der Waals surface area (Å²) in [7, 11) is -3.60. The van der Waals surface area contributed by atoms with E-state index in [-0.39, 0.29) is 23.5 Å². The molecule has 1 N–H and O–H groups in total. The third-order valence-electron chi connectivity index (χ3n) is 6.34. The molecule has 4 rings (SSSR count). The Morgan fingerprint density at radius 1 is 1.00 bits per heavy atom. The van der Waals surface area contributed by atoms with E-state index in [4.69, 9.17) is 4.74 Å². The number of halogens is 3. The van der Waals surface area contributed by atoms with E-state index in [9.17, 15) is 26.4 Å². The van der Waals surface area contributed by atoms with Gasteiger partial charge in [0.1, 0.15) is 5.75 Å². The van der Waals surface area contributed by atoms with Gasteiger partial charge in [-0.1, -0.05) is 18.9 Å². The number of hydrogen-bond acceptors (Lipinski definition) is 5. The number of hydrogen-bond donors (Lipinski definition) is 1. The van der Waals surface area contributed by atoms with Crippen LogP contribution < -0.4 is 14.4 Å². The second-order valence-electron chi connectivity index (χ2n) is 8.78. The van der Waals surface area contributed by atoms with Gasteiger partial charge in [0, 0.05) is 37.9 Å². The van der Waals surface area contributed by atoms with Gasteiger partial charge in [-0.05, 0) is 55.3 Å². The summed E-state index contributed by atoms with van der Waals surface area (Å²) in [5, 5.41) is 0. The van der Waals surface area contributed by atoms with Gasteiger partial charge in [0.15, 0.2) is 6.61 Å². The molecule has 11 heteroatoms. The number of carbonyl (C=O) groups excluding carboxylic acids is 1. The van der Waals surface area contributed by atoms with Crippen molar-refractivity contribution in [2.24, 2.45) is 0 Å². The second-order valence-corrected chi connectivity index (χ2v) is 10.5. The van der Waals surface area contributed by atoms with Gasteiger partial charge in [-0.15, -0.1) is 0 Å². The number of benzene rings is 2. The normalized spacial score (nSPS) is 17.6. The van der Waals surface area contributed by atoms with Crippen LogP contribution in [-0.4, -0.2) is 58.1 Å². The molecule has 0 aromatic heterocycles. The highest BCUT2D eigenvalue weighted by atomic mass is 32.2. The topological polar surface area (TPSA) is 78.9 Å². The van der Waals surface area contributed by atoms with Crippen molar-refractivity contribution >= 4 is 21.6 Å². The van der Waals surface area contributed by atoms with E-state index in [2.05, 4.69) is 4.72 Å². The highest BCUT2D eigenvalue weighted by Gasteiger charge is 2.31. The highest BCUT2D eigenvalue weighted by molar-refractivity contribution is 7.89. The minimum absolute atomic E-state index is 0.0254. The summed E-state index contributed by atoms with van der Waals surface area (Å²) in [4.78, 5) is 16.1. The Labute approximate surface area is 202 Å². The first kappa shape index (κ1) is 25.3. The number of anilines is 1. The molecule has 0 atom stereocenters. The van der Waals surface area contributed by atoms with Gasteiger partial charge in [0.25, 0.3) is 5.91 Å². The van der Waals surface area contributed by atoms with Crippen LogP contribution in [0.15, 0.2) is 53.4 Å². The molecule has 0 radical (unpaired) electrons. The summed E-state index contributed by atoms with van der Waals surface area (Å²) in [5.41, 5.74) is -0.226. The maximum Gasteiger partial charge on any atom is 0.416 e. The molecule has 1 saturated heterocycles. The molecule has 2 aromatic carbocycles. The molecule has 35 heavy (non-hydrogen) atoms. The molecule has 1 amide bonds. The quantitative estimate of drug-likeness (QED) is 0.614. The summed E-state index contributed by atoms with van der Waals surface area (Å²) < 4.78 is 72.2. The molecular formula is C24H28F3N3O4S. The number of rotatable bonds is 7. The monoisotopic (exact) mass is 511 g/mol. The van der Waals surface area contributed by atoms with Crippen molar-refractivity contribution in [3.8, 4) is 5.75 Å². The Bertz CT molecular complexity index is 1130. The molecule has 2 aromatic rings. The van der Waals surface area contributed by atoms with Crippen LogP contribution in [0, 0.1) is 0 Å². The molecule has 1 aliphatic heterocycles. The predicted molar refractivity (Wildman–Crippen MR) is 125 cm³/mol. The standard InChI is InChI=1S/C24H28F3N3O4S/c25-24(26,27)18-4-3-7-20(16-18)29-12-14-30(15-13-29)23(31)17-34-21-8-10-22(11-9-21)35(32,33)28-19-5-1-2-6-19/h3-4,7-11,16,19,28H,1-2,5-6,12-15,17H2. The fourth-order valence-electron chi connectivity index (χ4n) is 4.38. The smallest absolute Gasteiger partial charge is 0.416 e. The van der Waals surface area contributed by atoms with Crippen LogP contribution >= 0.6 is 0 Å². The molecule has 0 bridgehead atoms. The lowest BCUT2D eigenvalue weighted by atomic mass is 10.1. The summed E-state index contributed by atoms with van der Waals surface area (Å²) >= 11 is 0. The molecule has 1 aliphatic carbocycles. The zero-order valence-electron chi connectivity index (χ0n) is 19.1. The second kappa shape index (κ2) is 10.4. The molecule has 7 nitrogen and oxygen atoms in total. The van der Waals surface area contributed by atoms with Gasteiger partial charge < -0.3 is 14.5 Å². The zero-order valence-corrected chi connectivity index (χ0v) is 19.9. The largest absolute Gasteiger partial charge is 0.484 e. The van der Waals surface area contributed by atoms with Crippen LogP contribution in [0.3, 0.4) is 0 Å². The molecule has 0 unspecified atom stereocenters. The van der Waals surface area contributed by atoms with E-state index in [1.807, 2.05) is 4.90 Å². The van der Waals surface area contributed by atoms with Crippen molar-refractivity contribution in [3.63, 3.8) is 0 Å². The Morgan fingerprint density at radius 2 is 1.66 bits per heavy atom. The Hall–Kier alpha value is -2.79. The van der Waals surface area contributed by atoms with Gasteiger partial charge in [-0.2, -0.15) is 13.2 Å². The summed E-state index contributed by atoms with van der Waals surface area (Å²) in [6.07, 6.45) is -0.671. The van der Waals surface area contributed by atoms with E-state index < -0.39 is 21.8 Å². The number of carbonyl (C=O) groups is 1. The molecule has 0 spiro atoms. The average molecular weight is 512 g/mol. The van der Waals surface area contributed by atoms with Crippen LogP contribution in [-0.2, 0) is 21.0 Å². The number of nitrogens with zero attached hydrogens (tertiary/aromatic N) is 2. The van der Waals surface area contributed by atoms with Gasteiger partial charge in [-0.25, -0.2) is 13.1 Å². The number of piperazine rings is 1. The van der Waals surface area contributed by atoms with Crippen molar-refractivity contribution in [2.75, 3.05) is 37.7 Å². The third-order valence-corrected chi connectivity index (χ3v) is 7.88. The van der Waals surface area contributed by atoms with Crippen LogP contribution in [0.2, 0.25) is 0 Å². The van der Waals surface area contributed by atoms with Crippen molar-refractivity contribution in [1.29, 1.82) is 0 Å². The van der Waals surface area contributed by atoms with Crippen molar-refractivity contribution in [1.82, 2.24) is 9.62 Å². The first-order valence-electron chi connectivity index (χ1n) is 11.6. The number of alkyl halides is 3. The molecule has 190 valence electrons. The Balaban J connectivity index is 1.26. The SMILES string of the molecule is O=C(COc1ccc(S(=O)(=O)NC2CCCC2)cc1)N1CCN(c2cccc(C(F)(F)F)c2)CC1. The Morgan fingerprint density at radius 3 is 2.29 bits per heavy atom. The lowest BCUT2D eigenvalue weighted by Crippen LogP contribution is -2.50. The molecular weight excluding hydrogens is 483 g/mol. The van der Waals surface area contributed by atoms with Crippen LogP contribution in [0.25, 0.3) is 0 Å². The van der Waals surface area contributed by atoms with E-state index in [1.54, 1.807) is 11.0 Å². The van der Waals surface area contributed by atoms with Gasteiger partial charge in [0.05, 0.1) is 10.5 Å². The first-order chi connectivity index (χ1) is 16.6. The van der Waals surface area contributed by atoms with E-state index in [0.717, 1.165) is 37.8 Å². The molecule has 2 fully saturated rings. The minimum Gasteiger partial charge on any atom is -0.484 e. The minimum atomic E-state index is -4.40. The van der Waals surface area contributed by atoms with Crippen molar-refractivity contribution in [3.05, 3.63) is 54.1 Å². The summed E-state index contributed by atoms with van der Waals surface area (Å²) in [6, 6.07) is 11.1.